The van der Waals surface area contributed by atoms with Gasteiger partial charge in [-0.15, -0.1) is 0 Å². The number of benzene rings is 1. The van der Waals surface area contributed by atoms with Crippen LogP contribution in [0.15, 0.2) is 24.3 Å². The van der Waals surface area contributed by atoms with Crippen molar-refractivity contribution in [3.8, 4) is 0 Å². The van der Waals surface area contributed by atoms with Crippen LogP contribution in [-0.4, -0.2) is 13.6 Å². The van der Waals surface area contributed by atoms with E-state index in [0.717, 1.165) is 13.0 Å². The van der Waals surface area contributed by atoms with E-state index in [-0.39, 0.29) is 0 Å². The summed E-state index contributed by atoms with van der Waals surface area (Å²) in [7, 11) is 1.98. The van der Waals surface area contributed by atoms with Crippen LogP contribution in [0, 0.1) is 13.8 Å². The van der Waals surface area contributed by atoms with Crippen LogP contribution in [0.5, 0.6) is 0 Å². The van der Waals surface area contributed by atoms with Gasteiger partial charge in [0.05, 0.1) is 0 Å². The maximum atomic E-state index is 3.13. The molecule has 1 aromatic rings. The van der Waals surface area contributed by atoms with Gasteiger partial charge in [-0.25, -0.2) is 0 Å². The van der Waals surface area contributed by atoms with Crippen molar-refractivity contribution >= 4 is 6.08 Å². The molecular weight excluding hydrogens is 170 g/mol. The van der Waals surface area contributed by atoms with E-state index in [1.807, 2.05) is 7.05 Å². The molecule has 0 aliphatic rings. The van der Waals surface area contributed by atoms with Gasteiger partial charge in [0.2, 0.25) is 0 Å². The molecule has 0 amide bonds. The van der Waals surface area contributed by atoms with Crippen LogP contribution < -0.4 is 5.32 Å². The third-order valence-electron chi connectivity index (χ3n) is 2.29. The van der Waals surface area contributed by atoms with E-state index in [2.05, 4.69) is 49.5 Å². The molecule has 0 saturated carbocycles. The summed E-state index contributed by atoms with van der Waals surface area (Å²) in [5, 5.41) is 3.13. The van der Waals surface area contributed by atoms with E-state index < -0.39 is 0 Å². The molecule has 0 radical (unpaired) electrons. The molecule has 0 spiro atoms. The van der Waals surface area contributed by atoms with Crippen molar-refractivity contribution in [2.24, 2.45) is 0 Å². The van der Waals surface area contributed by atoms with Gasteiger partial charge in [-0.1, -0.05) is 35.9 Å². The van der Waals surface area contributed by atoms with Crippen molar-refractivity contribution in [3.63, 3.8) is 0 Å². The quantitative estimate of drug-likeness (QED) is 0.718. The van der Waals surface area contributed by atoms with Crippen molar-refractivity contribution < 1.29 is 0 Å². The molecule has 0 fully saturated rings. The highest BCUT2D eigenvalue weighted by molar-refractivity contribution is 5.54. The number of rotatable bonds is 4. The Bertz CT molecular complexity index is 313. The highest BCUT2D eigenvalue weighted by Crippen LogP contribution is 2.12. The zero-order valence-corrected chi connectivity index (χ0v) is 9.30. The van der Waals surface area contributed by atoms with E-state index in [9.17, 15) is 0 Å². The van der Waals surface area contributed by atoms with Crippen molar-refractivity contribution in [1.82, 2.24) is 5.32 Å². The first-order valence-electron chi connectivity index (χ1n) is 5.12. The third-order valence-corrected chi connectivity index (χ3v) is 2.29. The van der Waals surface area contributed by atoms with Gasteiger partial charge >= 0.3 is 0 Å². The zero-order chi connectivity index (χ0) is 10.4. The summed E-state index contributed by atoms with van der Waals surface area (Å²) in [6, 6.07) is 6.55. The van der Waals surface area contributed by atoms with Gasteiger partial charge in [0, 0.05) is 0 Å². The van der Waals surface area contributed by atoms with Gasteiger partial charge in [-0.2, -0.15) is 0 Å². The summed E-state index contributed by atoms with van der Waals surface area (Å²) < 4.78 is 0. The van der Waals surface area contributed by atoms with Crippen molar-refractivity contribution in [2.45, 2.75) is 20.3 Å². The second-order valence-electron chi connectivity index (χ2n) is 3.65. The standard InChI is InChI=1S/C13H19N/c1-11-7-8-12(2)13(10-11)6-4-5-9-14-3/h4,6-8,10,14H,5,9H2,1-3H3. The number of aryl methyl sites for hydroxylation is 2. The molecule has 1 nitrogen and oxygen atoms in total. The SMILES string of the molecule is CNCCC=Cc1cc(C)ccc1C. The summed E-state index contributed by atoms with van der Waals surface area (Å²) in [5.74, 6) is 0. The number of nitrogens with one attached hydrogen (secondary N) is 1. The minimum Gasteiger partial charge on any atom is -0.319 e. The Morgan fingerprint density at radius 1 is 1.29 bits per heavy atom. The lowest BCUT2D eigenvalue weighted by atomic mass is 10.1. The van der Waals surface area contributed by atoms with E-state index in [0.29, 0.717) is 0 Å². The molecular formula is C13H19N. The summed E-state index contributed by atoms with van der Waals surface area (Å²) in [4.78, 5) is 0. The fraction of sp³-hybridized carbons (Fsp3) is 0.385. The second-order valence-corrected chi connectivity index (χ2v) is 3.65. The minimum absolute atomic E-state index is 1.04. The molecule has 0 unspecified atom stereocenters. The van der Waals surface area contributed by atoms with Crippen LogP contribution >= 0.6 is 0 Å². The molecule has 1 rings (SSSR count). The maximum Gasteiger partial charge on any atom is -0.00172 e. The first-order valence-corrected chi connectivity index (χ1v) is 5.12. The van der Waals surface area contributed by atoms with Crippen LogP contribution in [0.4, 0.5) is 0 Å². The van der Waals surface area contributed by atoms with Crippen LogP contribution in [0.3, 0.4) is 0 Å². The molecule has 14 heavy (non-hydrogen) atoms. The molecule has 0 aromatic heterocycles. The largest absolute Gasteiger partial charge is 0.319 e. The number of hydrogen-bond acceptors (Lipinski definition) is 1. The first-order chi connectivity index (χ1) is 6.74. The average molecular weight is 189 g/mol. The molecule has 0 saturated heterocycles. The second kappa shape index (κ2) is 5.61. The molecule has 76 valence electrons. The van der Waals surface area contributed by atoms with Crippen LogP contribution in [0.2, 0.25) is 0 Å². The lowest BCUT2D eigenvalue weighted by molar-refractivity contribution is 0.809. The fourth-order valence-electron chi connectivity index (χ4n) is 1.38. The fourth-order valence-corrected chi connectivity index (χ4v) is 1.38. The highest BCUT2D eigenvalue weighted by atomic mass is 14.8. The van der Waals surface area contributed by atoms with Crippen LogP contribution in [0.1, 0.15) is 23.1 Å². The highest BCUT2D eigenvalue weighted by Gasteiger charge is 1.93. The molecule has 1 heteroatoms. The Kier molecular flexibility index (Phi) is 4.41. The summed E-state index contributed by atoms with van der Waals surface area (Å²) in [6.07, 6.45) is 5.52. The molecule has 1 aromatic carbocycles. The lowest BCUT2D eigenvalue weighted by Gasteiger charge is -2.01. The predicted molar refractivity (Wildman–Crippen MR) is 63.5 cm³/mol. The van der Waals surface area contributed by atoms with Crippen LogP contribution in [0.25, 0.3) is 6.08 Å². The predicted octanol–water partition coefficient (Wildman–Crippen LogP) is 2.93. The van der Waals surface area contributed by atoms with Crippen molar-refractivity contribution in [2.75, 3.05) is 13.6 Å². The van der Waals surface area contributed by atoms with Gasteiger partial charge in [0.15, 0.2) is 0 Å². The lowest BCUT2D eigenvalue weighted by Crippen LogP contribution is -2.05. The Hall–Kier alpha value is -1.08. The Morgan fingerprint density at radius 3 is 2.79 bits per heavy atom. The van der Waals surface area contributed by atoms with E-state index >= 15 is 0 Å². The summed E-state index contributed by atoms with van der Waals surface area (Å²) in [5.41, 5.74) is 4.00. The van der Waals surface area contributed by atoms with Crippen molar-refractivity contribution in [1.29, 1.82) is 0 Å². The Labute approximate surface area is 86.8 Å². The monoisotopic (exact) mass is 189 g/mol. The zero-order valence-electron chi connectivity index (χ0n) is 9.30. The van der Waals surface area contributed by atoms with Gasteiger partial charge in [-0.05, 0) is 45.0 Å². The minimum atomic E-state index is 1.04. The molecule has 0 aliphatic heterocycles. The molecule has 1 N–H and O–H groups in total. The Morgan fingerprint density at radius 2 is 2.07 bits per heavy atom. The summed E-state index contributed by atoms with van der Waals surface area (Å²) in [6.45, 7) is 5.32. The topological polar surface area (TPSA) is 12.0 Å². The van der Waals surface area contributed by atoms with Crippen molar-refractivity contribution in [3.05, 3.63) is 41.0 Å². The third kappa shape index (κ3) is 3.35. The van der Waals surface area contributed by atoms with Gasteiger partial charge in [0.1, 0.15) is 0 Å². The molecule has 0 heterocycles. The molecule has 0 atom stereocenters. The van der Waals surface area contributed by atoms with Gasteiger partial charge < -0.3 is 5.32 Å². The van der Waals surface area contributed by atoms with E-state index in [1.54, 1.807) is 0 Å². The van der Waals surface area contributed by atoms with Crippen LogP contribution in [-0.2, 0) is 0 Å². The Balaban J connectivity index is 2.65. The molecule has 0 bridgehead atoms. The smallest absolute Gasteiger partial charge is 0.00172 e. The molecule has 0 aliphatic carbocycles. The first kappa shape index (κ1) is 11.0. The summed E-state index contributed by atoms with van der Waals surface area (Å²) >= 11 is 0. The van der Waals surface area contributed by atoms with Gasteiger partial charge in [-0.3, -0.25) is 0 Å². The average Bonchev–Trinajstić information content (AvgIpc) is 2.18. The number of hydrogen-bond donors (Lipinski definition) is 1. The normalized spacial score (nSPS) is 11.1. The van der Waals surface area contributed by atoms with Gasteiger partial charge in [0.25, 0.3) is 0 Å². The van der Waals surface area contributed by atoms with E-state index in [1.165, 1.54) is 16.7 Å². The van der Waals surface area contributed by atoms with E-state index in [4.69, 9.17) is 0 Å². The maximum absolute atomic E-state index is 3.13.